The van der Waals surface area contributed by atoms with E-state index in [2.05, 4.69) is 0 Å². The molecule has 1 aromatic carbocycles. The number of carbonyl (C=O) groups is 5. The largest absolute Gasteiger partial charge is 0.483 e. The van der Waals surface area contributed by atoms with Gasteiger partial charge < -0.3 is 30.6 Å². The van der Waals surface area contributed by atoms with Gasteiger partial charge in [-0.3, -0.25) is 14.4 Å². The number of benzene rings is 1. The molecular weight excluding hydrogens is 344 g/mol. The minimum Gasteiger partial charge on any atom is -0.483 e. The molecule has 0 saturated carbocycles. The van der Waals surface area contributed by atoms with E-state index in [-0.39, 0.29) is 6.47 Å². The molecule has 138 valence electrons. The first-order valence-corrected chi connectivity index (χ1v) is 6.25. The summed E-state index contributed by atoms with van der Waals surface area (Å²) < 4.78 is 0. The van der Waals surface area contributed by atoms with Gasteiger partial charge in [0.2, 0.25) is 0 Å². The molecule has 1 rings (SSSR count). The summed E-state index contributed by atoms with van der Waals surface area (Å²) in [4.78, 5) is 49.0. The predicted molar refractivity (Wildman–Crippen MR) is 79.2 cm³/mol. The van der Waals surface area contributed by atoms with Crippen LogP contribution in [0.3, 0.4) is 0 Å². The van der Waals surface area contributed by atoms with Gasteiger partial charge in [-0.2, -0.15) is 0 Å². The van der Waals surface area contributed by atoms with Gasteiger partial charge >= 0.3 is 23.9 Å². The van der Waals surface area contributed by atoms with Gasteiger partial charge in [0.15, 0.2) is 5.60 Å². The van der Waals surface area contributed by atoms with E-state index in [4.69, 9.17) is 35.4 Å². The highest BCUT2D eigenvalue weighted by Gasteiger charge is 2.40. The average Bonchev–Trinajstić information content (AvgIpc) is 2.47. The lowest BCUT2D eigenvalue weighted by Crippen LogP contribution is -2.42. The lowest BCUT2D eigenvalue weighted by atomic mass is 9.96. The molecule has 11 nitrogen and oxygen atoms in total. The number of aliphatic hydroxyl groups is 1. The quantitative estimate of drug-likeness (QED) is 0.367. The summed E-state index contributed by atoms with van der Waals surface area (Å²) in [6.45, 7) is -0.250. The Kier molecular flexibility index (Phi) is 11.4. The minimum atomic E-state index is -2.74. The van der Waals surface area contributed by atoms with Crippen molar-refractivity contribution in [2.24, 2.45) is 0 Å². The zero-order chi connectivity index (χ0) is 20.0. The summed E-state index contributed by atoms with van der Waals surface area (Å²) in [5.74, 6) is -5.90. The Morgan fingerprint density at radius 3 is 1.44 bits per heavy atom. The second kappa shape index (κ2) is 12.0. The van der Waals surface area contributed by atoms with Crippen molar-refractivity contribution in [2.45, 2.75) is 18.4 Å². The molecule has 0 aliphatic rings. The number of carboxylic acid groups (broad SMARTS) is 5. The van der Waals surface area contributed by atoms with E-state index in [9.17, 15) is 19.2 Å². The molecule has 25 heavy (non-hydrogen) atoms. The number of aliphatic carboxylic acids is 3. The zero-order valence-electron chi connectivity index (χ0n) is 12.6. The Balaban J connectivity index is 0. The number of rotatable bonds is 6. The minimum absolute atomic E-state index is 0.250. The highest BCUT2D eigenvalue weighted by molar-refractivity contribution is 5.88. The summed E-state index contributed by atoms with van der Waals surface area (Å²) in [5.41, 5.74) is -2.41. The summed E-state index contributed by atoms with van der Waals surface area (Å²) in [6.07, 6.45) is -2.29. The van der Waals surface area contributed by atoms with Crippen LogP contribution in [0.5, 0.6) is 0 Å². The van der Waals surface area contributed by atoms with Gasteiger partial charge in [-0.15, -0.1) is 0 Å². The lowest BCUT2D eigenvalue weighted by molar-refractivity contribution is -0.170. The van der Waals surface area contributed by atoms with Crippen LogP contribution >= 0.6 is 0 Å². The SMILES string of the molecule is O=C(O)CC(O)(CC(=O)O)C(=O)O.O=C(O)c1ccccc1.O=CO. The van der Waals surface area contributed by atoms with E-state index in [1.807, 2.05) is 0 Å². The Bertz CT molecular complexity index is 578. The standard InChI is InChI=1S/C7H6O2.C6H8O7.CH2O2/c8-7(9)6-4-2-1-3-5-6;7-3(8)1-6(13,5(11)12)2-4(9)10;2-1-3/h1-5H,(H,8,9);13H,1-2H2,(H,7,8)(H,9,10)(H,11,12);1H,(H,2,3). The molecule has 0 saturated heterocycles. The first kappa shape index (κ1) is 23.8. The van der Waals surface area contributed by atoms with E-state index in [1.54, 1.807) is 30.3 Å². The van der Waals surface area contributed by atoms with Crippen molar-refractivity contribution in [3.8, 4) is 0 Å². The van der Waals surface area contributed by atoms with Gasteiger partial charge in [0.25, 0.3) is 6.47 Å². The van der Waals surface area contributed by atoms with Gasteiger partial charge in [-0.05, 0) is 12.1 Å². The van der Waals surface area contributed by atoms with E-state index >= 15 is 0 Å². The summed E-state index contributed by atoms with van der Waals surface area (Å²) in [7, 11) is 0. The van der Waals surface area contributed by atoms with Gasteiger partial charge in [-0.25, -0.2) is 9.59 Å². The van der Waals surface area contributed by atoms with Crippen LogP contribution in [0.25, 0.3) is 0 Å². The average molecular weight is 360 g/mol. The third-order valence-electron chi connectivity index (χ3n) is 2.31. The van der Waals surface area contributed by atoms with Crippen molar-refractivity contribution < 1.29 is 54.6 Å². The van der Waals surface area contributed by atoms with Crippen LogP contribution in [0.1, 0.15) is 23.2 Å². The maximum atomic E-state index is 10.3. The van der Waals surface area contributed by atoms with Crippen LogP contribution in [0.2, 0.25) is 0 Å². The zero-order valence-corrected chi connectivity index (χ0v) is 12.6. The maximum absolute atomic E-state index is 10.3. The second-order valence-corrected chi connectivity index (χ2v) is 4.25. The maximum Gasteiger partial charge on any atom is 0.336 e. The van der Waals surface area contributed by atoms with Crippen LogP contribution in [0.4, 0.5) is 0 Å². The van der Waals surface area contributed by atoms with Crippen molar-refractivity contribution in [1.29, 1.82) is 0 Å². The highest BCUT2D eigenvalue weighted by Crippen LogP contribution is 2.15. The normalized spacial score (nSPS) is 9.32. The molecule has 0 unspecified atom stereocenters. The molecule has 1 aromatic rings. The van der Waals surface area contributed by atoms with Crippen LogP contribution in [-0.4, -0.2) is 66.6 Å². The predicted octanol–water partition coefficient (Wildman–Crippen LogP) is -0.163. The molecule has 0 aromatic heterocycles. The summed E-state index contributed by atoms with van der Waals surface area (Å²) in [5, 5.41) is 49.1. The Morgan fingerprint density at radius 2 is 1.24 bits per heavy atom. The van der Waals surface area contributed by atoms with E-state index < -0.39 is 42.3 Å². The Labute approximate surface area is 140 Å². The molecular formula is C14H16O11. The Morgan fingerprint density at radius 1 is 0.880 bits per heavy atom. The molecule has 0 radical (unpaired) electrons. The molecule has 0 aliphatic carbocycles. The molecule has 0 bridgehead atoms. The Hall–Kier alpha value is -3.47. The van der Waals surface area contributed by atoms with Crippen LogP contribution in [0.15, 0.2) is 30.3 Å². The van der Waals surface area contributed by atoms with Gasteiger partial charge in [-0.1, -0.05) is 18.2 Å². The second-order valence-electron chi connectivity index (χ2n) is 4.25. The molecule has 0 fully saturated rings. The fraction of sp³-hybridized carbons (Fsp3) is 0.214. The molecule has 0 amide bonds. The molecule has 0 heterocycles. The number of carboxylic acids is 4. The van der Waals surface area contributed by atoms with Crippen molar-refractivity contribution in [2.75, 3.05) is 0 Å². The van der Waals surface area contributed by atoms with E-state index in [0.29, 0.717) is 5.56 Å². The first-order chi connectivity index (χ1) is 11.5. The molecule has 0 atom stereocenters. The van der Waals surface area contributed by atoms with Crippen molar-refractivity contribution >= 4 is 30.3 Å². The molecule has 6 N–H and O–H groups in total. The molecule has 0 spiro atoms. The highest BCUT2D eigenvalue weighted by atomic mass is 16.4. The third kappa shape index (κ3) is 11.7. The lowest BCUT2D eigenvalue weighted by Gasteiger charge is -2.18. The van der Waals surface area contributed by atoms with Gasteiger partial charge in [0.05, 0.1) is 18.4 Å². The van der Waals surface area contributed by atoms with Crippen molar-refractivity contribution in [3.63, 3.8) is 0 Å². The fourth-order valence-corrected chi connectivity index (χ4v) is 1.29. The van der Waals surface area contributed by atoms with E-state index in [0.717, 1.165) is 0 Å². The number of hydrogen-bond acceptors (Lipinski definition) is 6. The number of hydrogen-bond donors (Lipinski definition) is 6. The third-order valence-corrected chi connectivity index (χ3v) is 2.31. The van der Waals surface area contributed by atoms with Crippen LogP contribution in [0, 0.1) is 0 Å². The van der Waals surface area contributed by atoms with Gasteiger partial charge in [0, 0.05) is 0 Å². The summed E-state index contributed by atoms with van der Waals surface area (Å²) >= 11 is 0. The van der Waals surface area contributed by atoms with Crippen LogP contribution in [-0.2, 0) is 19.2 Å². The van der Waals surface area contributed by atoms with Crippen LogP contribution < -0.4 is 0 Å². The fourth-order valence-electron chi connectivity index (χ4n) is 1.29. The monoisotopic (exact) mass is 360 g/mol. The molecule has 0 aliphatic heterocycles. The topological polar surface area (TPSA) is 207 Å². The first-order valence-electron chi connectivity index (χ1n) is 6.25. The molecule has 11 heteroatoms. The number of aromatic carboxylic acids is 1. The van der Waals surface area contributed by atoms with Crippen molar-refractivity contribution in [1.82, 2.24) is 0 Å². The smallest absolute Gasteiger partial charge is 0.336 e. The summed E-state index contributed by atoms with van der Waals surface area (Å²) in [6, 6.07) is 8.30. The van der Waals surface area contributed by atoms with Crippen molar-refractivity contribution in [3.05, 3.63) is 35.9 Å². The van der Waals surface area contributed by atoms with E-state index in [1.165, 1.54) is 0 Å². The van der Waals surface area contributed by atoms with Gasteiger partial charge in [0.1, 0.15) is 0 Å².